The Hall–Kier alpha value is -0.890. The maximum atomic E-state index is 4.28. The molecule has 0 aliphatic heterocycles. The van der Waals surface area contributed by atoms with Gasteiger partial charge < -0.3 is 5.32 Å². The van der Waals surface area contributed by atoms with Gasteiger partial charge in [-0.05, 0) is 49.8 Å². The summed E-state index contributed by atoms with van der Waals surface area (Å²) in [7, 11) is 0. The lowest BCUT2D eigenvalue weighted by Crippen LogP contribution is -2.21. The molecule has 2 rings (SSSR count). The molecule has 0 spiro atoms. The second-order valence-corrected chi connectivity index (χ2v) is 4.75. The van der Waals surface area contributed by atoms with Crippen LogP contribution < -0.4 is 5.32 Å². The first kappa shape index (κ1) is 10.6. The first-order valence-electron chi connectivity index (χ1n) is 5.88. The van der Waals surface area contributed by atoms with Crippen LogP contribution in [0.15, 0.2) is 18.3 Å². The molecule has 1 heterocycles. The lowest BCUT2D eigenvalue weighted by molar-refractivity contribution is 0.461. The van der Waals surface area contributed by atoms with Gasteiger partial charge in [-0.15, -0.1) is 0 Å². The Balaban J connectivity index is 1.70. The van der Waals surface area contributed by atoms with Crippen molar-refractivity contribution in [3.05, 3.63) is 29.6 Å². The van der Waals surface area contributed by atoms with Gasteiger partial charge in [0.15, 0.2) is 0 Å². The van der Waals surface area contributed by atoms with Crippen molar-refractivity contribution < 1.29 is 0 Å². The Morgan fingerprint density at radius 1 is 1.47 bits per heavy atom. The maximum absolute atomic E-state index is 4.28. The number of pyridine rings is 1. The van der Waals surface area contributed by atoms with Crippen molar-refractivity contribution in [2.45, 2.75) is 33.2 Å². The summed E-state index contributed by atoms with van der Waals surface area (Å²) in [5.41, 5.74) is 2.37. The van der Waals surface area contributed by atoms with Crippen LogP contribution in [0.2, 0.25) is 0 Å². The Morgan fingerprint density at radius 3 is 2.87 bits per heavy atom. The molecular formula is C13H20N2. The topological polar surface area (TPSA) is 24.9 Å². The van der Waals surface area contributed by atoms with Crippen molar-refractivity contribution in [2.75, 3.05) is 6.54 Å². The fourth-order valence-corrected chi connectivity index (χ4v) is 1.88. The van der Waals surface area contributed by atoms with Crippen LogP contribution in [0.25, 0.3) is 0 Å². The summed E-state index contributed by atoms with van der Waals surface area (Å²) in [6, 6.07) is 4.22. The summed E-state index contributed by atoms with van der Waals surface area (Å²) in [6.07, 6.45) is 4.84. The van der Waals surface area contributed by atoms with Crippen LogP contribution in [-0.2, 0) is 6.54 Å². The van der Waals surface area contributed by atoms with E-state index >= 15 is 0 Å². The van der Waals surface area contributed by atoms with E-state index in [1.807, 2.05) is 13.1 Å². The quantitative estimate of drug-likeness (QED) is 0.797. The normalized spacial score (nSPS) is 17.7. The molecule has 0 radical (unpaired) electrons. The fourth-order valence-electron chi connectivity index (χ4n) is 1.88. The van der Waals surface area contributed by atoms with Crippen molar-refractivity contribution in [1.29, 1.82) is 0 Å². The van der Waals surface area contributed by atoms with Crippen molar-refractivity contribution in [2.24, 2.45) is 11.8 Å². The minimum absolute atomic E-state index is 0.836. The molecule has 1 aromatic heterocycles. The average Bonchev–Trinajstić information content (AvgIpc) is 3.04. The van der Waals surface area contributed by atoms with Crippen molar-refractivity contribution in [3.8, 4) is 0 Å². The van der Waals surface area contributed by atoms with Crippen molar-refractivity contribution >= 4 is 0 Å². The molecule has 1 atom stereocenters. The Morgan fingerprint density at radius 2 is 2.27 bits per heavy atom. The van der Waals surface area contributed by atoms with Crippen LogP contribution in [0.5, 0.6) is 0 Å². The summed E-state index contributed by atoms with van der Waals surface area (Å²) in [4.78, 5) is 4.28. The minimum atomic E-state index is 0.836. The molecule has 1 aromatic rings. The largest absolute Gasteiger partial charge is 0.312 e. The first-order valence-corrected chi connectivity index (χ1v) is 5.88. The maximum Gasteiger partial charge on any atom is 0.0372 e. The van der Waals surface area contributed by atoms with E-state index in [9.17, 15) is 0 Å². The van der Waals surface area contributed by atoms with E-state index in [0.29, 0.717) is 0 Å². The van der Waals surface area contributed by atoms with Gasteiger partial charge in [-0.1, -0.05) is 13.0 Å². The van der Waals surface area contributed by atoms with Crippen molar-refractivity contribution in [3.63, 3.8) is 0 Å². The highest BCUT2D eigenvalue weighted by atomic mass is 14.9. The number of nitrogens with one attached hydrogen (secondary N) is 1. The second-order valence-electron chi connectivity index (χ2n) is 4.75. The number of rotatable bonds is 5. The molecular weight excluding hydrogens is 184 g/mol. The van der Waals surface area contributed by atoms with Gasteiger partial charge in [-0.3, -0.25) is 4.98 Å². The van der Waals surface area contributed by atoms with Crippen LogP contribution in [0.1, 0.15) is 31.0 Å². The third-order valence-electron chi connectivity index (χ3n) is 3.19. The van der Waals surface area contributed by atoms with Crippen LogP contribution in [0.4, 0.5) is 0 Å². The third-order valence-corrected chi connectivity index (χ3v) is 3.19. The zero-order valence-electron chi connectivity index (χ0n) is 9.66. The van der Waals surface area contributed by atoms with Crippen LogP contribution in [-0.4, -0.2) is 11.5 Å². The average molecular weight is 204 g/mol. The number of nitrogens with zero attached hydrogens (tertiary/aromatic N) is 1. The molecule has 0 amide bonds. The molecule has 1 fully saturated rings. The molecule has 1 saturated carbocycles. The highest BCUT2D eigenvalue weighted by Gasteiger charge is 2.27. The molecule has 82 valence electrons. The van der Waals surface area contributed by atoms with E-state index in [1.54, 1.807) is 0 Å². The van der Waals surface area contributed by atoms with Gasteiger partial charge in [0.2, 0.25) is 0 Å². The lowest BCUT2D eigenvalue weighted by Gasteiger charge is -2.11. The summed E-state index contributed by atoms with van der Waals surface area (Å²) in [5, 5.41) is 3.50. The fraction of sp³-hybridized carbons (Fsp3) is 0.615. The monoisotopic (exact) mass is 204 g/mol. The SMILES string of the molecule is Cc1ccc(CNCC(C)C2CC2)cn1. The molecule has 0 bridgehead atoms. The van der Waals surface area contributed by atoms with Gasteiger partial charge >= 0.3 is 0 Å². The van der Waals surface area contributed by atoms with E-state index in [1.165, 1.54) is 18.4 Å². The van der Waals surface area contributed by atoms with E-state index in [2.05, 4.69) is 29.4 Å². The van der Waals surface area contributed by atoms with Crippen LogP contribution in [0.3, 0.4) is 0 Å². The molecule has 2 nitrogen and oxygen atoms in total. The highest BCUT2D eigenvalue weighted by Crippen LogP contribution is 2.36. The predicted molar refractivity (Wildman–Crippen MR) is 62.6 cm³/mol. The highest BCUT2D eigenvalue weighted by molar-refractivity contribution is 5.12. The van der Waals surface area contributed by atoms with Gasteiger partial charge in [-0.25, -0.2) is 0 Å². The number of hydrogen-bond acceptors (Lipinski definition) is 2. The second kappa shape index (κ2) is 4.75. The number of aromatic nitrogens is 1. The summed E-state index contributed by atoms with van der Waals surface area (Å²) < 4.78 is 0. The Labute approximate surface area is 92.1 Å². The minimum Gasteiger partial charge on any atom is -0.312 e. The van der Waals surface area contributed by atoms with E-state index < -0.39 is 0 Å². The summed E-state index contributed by atoms with van der Waals surface area (Å²) in [5.74, 6) is 1.83. The van der Waals surface area contributed by atoms with E-state index in [-0.39, 0.29) is 0 Å². The predicted octanol–water partition coefficient (Wildman–Crippen LogP) is 2.53. The van der Waals surface area contributed by atoms with Gasteiger partial charge in [0, 0.05) is 18.4 Å². The third kappa shape index (κ3) is 3.31. The number of hydrogen-bond donors (Lipinski definition) is 1. The van der Waals surface area contributed by atoms with E-state index in [4.69, 9.17) is 0 Å². The molecule has 1 N–H and O–H groups in total. The number of aryl methyl sites for hydroxylation is 1. The lowest BCUT2D eigenvalue weighted by atomic mass is 10.1. The Bertz CT molecular complexity index is 301. The molecule has 2 heteroatoms. The molecule has 1 aliphatic rings. The molecule has 0 saturated heterocycles. The zero-order valence-corrected chi connectivity index (χ0v) is 9.66. The van der Waals surface area contributed by atoms with Crippen LogP contribution in [0, 0.1) is 18.8 Å². The molecule has 15 heavy (non-hydrogen) atoms. The summed E-state index contributed by atoms with van der Waals surface area (Å²) >= 11 is 0. The van der Waals surface area contributed by atoms with Gasteiger partial charge in [0.1, 0.15) is 0 Å². The van der Waals surface area contributed by atoms with Crippen LogP contribution >= 0.6 is 0 Å². The smallest absolute Gasteiger partial charge is 0.0372 e. The van der Waals surface area contributed by atoms with Crippen molar-refractivity contribution in [1.82, 2.24) is 10.3 Å². The Kier molecular flexibility index (Phi) is 3.37. The molecule has 1 aliphatic carbocycles. The first-order chi connectivity index (χ1) is 7.25. The van der Waals surface area contributed by atoms with Gasteiger partial charge in [-0.2, -0.15) is 0 Å². The van der Waals surface area contributed by atoms with E-state index in [0.717, 1.165) is 30.6 Å². The standard InChI is InChI=1S/C13H20N2/c1-10(13-5-6-13)7-14-8-12-4-3-11(2)15-9-12/h3-4,9-10,13-14H,5-8H2,1-2H3. The molecule has 0 aromatic carbocycles. The van der Waals surface area contributed by atoms with Gasteiger partial charge in [0.25, 0.3) is 0 Å². The van der Waals surface area contributed by atoms with Gasteiger partial charge in [0.05, 0.1) is 0 Å². The summed E-state index contributed by atoms with van der Waals surface area (Å²) in [6.45, 7) is 6.45. The molecule has 1 unspecified atom stereocenters. The zero-order chi connectivity index (χ0) is 10.7.